The molecule has 0 radical (unpaired) electrons. The van der Waals surface area contributed by atoms with Crippen molar-refractivity contribution in [2.24, 2.45) is 0 Å². The molecule has 1 aromatic carbocycles. The van der Waals surface area contributed by atoms with E-state index in [1.807, 2.05) is 12.1 Å². The van der Waals surface area contributed by atoms with Gasteiger partial charge in [0.15, 0.2) is 0 Å². The van der Waals surface area contributed by atoms with Gasteiger partial charge in [-0.1, -0.05) is 15.9 Å². The summed E-state index contributed by atoms with van der Waals surface area (Å²) in [5, 5.41) is 9.28. The first-order chi connectivity index (χ1) is 8.99. The van der Waals surface area contributed by atoms with Crippen LogP contribution in [0.15, 0.2) is 21.4 Å². The highest BCUT2D eigenvalue weighted by molar-refractivity contribution is 9.10. The normalized spacial score (nSPS) is 18.6. The van der Waals surface area contributed by atoms with Crippen molar-refractivity contribution in [2.75, 3.05) is 0 Å². The molecule has 6 nitrogen and oxygen atoms in total. The summed E-state index contributed by atoms with van der Waals surface area (Å²) in [7, 11) is 0. The van der Waals surface area contributed by atoms with Crippen molar-refractivity contribution in [3.05, 3.63) is 32.7 Å². The number of H-pyrrole nitrogens is 1. The zero-order valence-electron chi connectivity index (χ0n) is 10.2. The number of nitrogens with one attached hydrogen (secondary N) is 1. The lowest BCUT2D eigenvalue weighted by atomic mass is 10.1. The van der Waals surface area contributed by atoms with Crippen LogP contribution in [0.1, 0.15) is 12.5 Å². The maximum absolute atomic E-state index is 12.0. The monoisotopic (exact) mass is 325 g/mol. The number of hydrogen-bond donors (Lipinski definition) is 2. The summed E-state index contributed by atoms with van der Waals surface area (Å²) in [4.78, 5) is 27.4. The minimum absolute atomic E-state index is 0.201. The Morgan fingerprint density at radius 3 is 2.95 bits per heavy atom. The van der Waals surface area contributed by atoms with Crippen LogP contribution in [0.3, 0.4) is 0 Å². The van der Waals surface area contributed by atoms with E-state index in [1.54, 1.807) is 11.5 Å². The van der Waals surface area contributed by atoms with Crippen LogP contribution in [-0.4, -0.2) is 31.7 Å². The molecule has 0 unspecified atom stereocenters. The molecule has 1 amide bonds. The number of nitrogens with zero attached hydrogens (tertiary/aromatic N) is 2. The molecule has 100 valence electrons. The number of hydrogen-bond acceptors (Lipinski definition) is 2. The minimum Gasteiger partial charge on any atom is -0.465 e. The maximum Gasteiger partial charge on any atom is 0.407 e. The Morgan fingerprint density at radius 1 is 1.53 bits per heavy atom. The number of rotatable bonds is 0. The van der Waals surface area contributed by atoms with Crippen molar-refractivity contribution >= 4 is 33.1 Å². The molecule has 1 aromatic heterocycles. The summed E-state index contributed by atoms with van der Waals surface area (Å²) in [6.45, 7) is 2.43. The van der Waals surface area contributed by atoms with Gasteiger partial charge in [-0.05, 0) is 19.1 Å². The van der Waals surface area contributed by atoms with E-state index in [-0.39, 0.29) is 18.3 Å². The highest BCUT2D eigenvalue weighted by atomic mass is 79.9. The van der Waals surface area contributed by atoms with Gasteiger partial charge in [0, 0.05) is 16.6 Å². The van der Waals surface area contributed by atoms with Gasteiger partial charge < -0.3 is 10.1 Å². The third-order valence-electron chi connectivity index (χ3n) is 3.54. The summed E-state index contributed by atoms with van der Waals surface area (Å²) in [6.07, 6.45) is -0.974. The highest BCUT2D eigenvalue weighted by Gasteiger charge is 2.28. The average Bonchev–Trinajstić information content (AvgIpc) is 2.56. The Hall–Kier alpha value is -1.76. The van der Waals surface area contributed by atoms with E-state index in [1.165, 1.54) is 4.90 Å². The van der Waals surface area contributed by atoms with Crippen LogP contribution in [0.2, 0.25) is 0 Å². The Balaban J connectivity index is 2.32. The molecule has 0 fully saturated rings. The van der Waals surface area contributed by atoms with Gasteiger partial charge in [0.25, 0.3) is 0 Å². The predicted molar refractivity (Wildman–Crippen MR) is 73.3 cm³/mol. The first kappa shape index (κ1) is 12.3. The lowest BCUT2D eigenvalue weighted by Gasteiger charge is -2.24. The molecule has 2 heterocycles. The molecule has 0 saturated heterocycles. The molecule has 7 heteroatoms. The number of carbonyl (C=O) groups is 1. The fourth-order valence-corrected chi connectivity index (χ4v) is 3.02. The molecule has 1 atom stereocenters. The number of benzene rings is 1. The van der Waals surface area contributed by atoms with Gasteiger partial charge in [0.1, 0.15) is 0 Å². The van der Waals surface area contributed by atoms with Crippen molar-refractivity contribution in [3.63, 3.8) is 0 Å². The van der Waals surface area contributed by atoms with Crippen molar-refractivity contribution in [1.29, 1.82) is 0 Å². The van der Waals surface area contributed by atoms with E-state index in [9.17, 15) is 14.7 Å². The van der Waals surface area contributed by atoms with E-state index >= 15 is 0 Å². The third kappa shape index (κ3) is 1.76. The Bertz CT molecular complexity index is 734. The van der Waals surface area contributed by atoms with Crippen LogP contribution in [0.5, 0.6) is 0 Å². The summed E-state index contributed by atoms with van der Waals surface area (Å²) in [6, 6.07) is 3.39. The number of halogens is 1. The predicted octanol–water partition coefficient (Wildman–Crippen LogP) is 1.97. The van der Waals surface area contributed by atoms with E-state index in [0.29, 0.717) is 6.54 Å². The van der Waals surface area contributed by atoms with Crippen molar-refractivity contribution < 1.29 is 9.90 Å². The molecule has 0 bridgehead atoms. The third-order valence-corrected chi connectivity index (χ3v) is 4.28. The molecule has 3 rings (SSSR count). The Labute approximate surface area is 116 Å². The second kappa shape index (κ2) is 4.12. The topological polar surface area (TPSA) is 78.3 Å². The van der Waals surface area contributed by atoms with E-state index in [0.717, 1.165) is 21.1 Å². The smallest absolute Gasteiger partial charge is 0.407 e. The minimum atomic E-state index is -0.974. The van der Waals surface area contributed by atoms with Crippen molar-refractivity contribution in [2.45, 2.75) is 26.1 Å². The lowest BCUT2D eigenvalue weighted by molar-refractivity contribution is 0.121. The van der Waals surface area contributed by atoms with Crippen molar-refractivity contribution in [1.82, 2.24) is 14.5 Å². The first-order valence-electron chi connectivity index (χ1n) is 5.88. The van der Waals surface area contributed by atoms with Crippen LogP contribution < -0.4 is 5.69 Å². The van der Waals surface area contributed by atoms with E-state index < -0.39 is 6.09 Å². The molecular formula is C12H12BrN3O3. The fourth-order valence-electron chi connectivity index (χ4n) is 2.57. The zero-order chi connectivity index (χ0) is 13.7. The molecule has 0 spiro atoms. The van der Waals surface area contributed by atoms with Gasteiger partial charge >= 0.3 is 11.8 Å². The lowest BCUT2D eigenvalue weighted by Crippen LogP contribution is -2.39. The van der Waals surface area contributed by atoms with Crippen LogP contribution in [0.4, 0.5) is 4.79 Å². The maximum atomic E-state index is 12.0. The number of aromatic amines is 1. The van der Waals surface area contributed by atoms with Crippen LogP contribution in [0, 0.1) is 0 Å². The molecule has 2 aromatic rings. The fraction of sp³-hybridized carbons (Fsp3) is 0.333. The van der Waals surface area contributed by atoms with Gasteiger partial charge in [0.05, 0.1) is 23.6 Å². The van der Waals surface area contributed by atoms with E-state index in [4.69, 9.17) is 0 Å². The number of amides is 1. The molecule has 19 heavy (non-hydrogen) atoms. The Kier molecular flexibility index (Phi) is 2.67. The largest absolute Gasteiger partial charge is 0.465 e. The summed E-state index contributed by atoms with van der Waals surface area (Å²) in [5.41, 5.74) is 2.15. The number of imidazole rings is 1. The summed E-state index contributed by atoms with van der Waals surface area (Å²) in [5.74, 6) is 0. The second-order valence-electron chi connectivity index (χ2n) is 4.72. The number of aromatic nitrogens is 2. The number of carboxylic acid groups (broad SMARTS) is 1. The van der Waals surface area contributed by atoms with Gasteiger partial charge in [-0.15, -0.1) is 0 Å². The molecule has 1 aliphatic rings. The van der Waals surface area contributed by atoms with Crippen LogP contribution in [-0.2, 0) is 13.1 Å². The van der Waals surface area contributed by atoms with Gasteiger partial charge in [-0.25, -0.2) is 9.59 Å². The second-order valence-corrected chi connectivity index (χ2v) is 5.58. The molecule has 2 N–H and O–H groups in total. The highest BCUT2D eigenvalue weighted by Crippen LogP contribution is 2.29. The molecule has 0 saturated carbocycles. The van der Waals surface area contributed by atoms with Crippen molar-refractivity contribution in [3.8, 4) is 0 Å². The summed E-state index contributed by atoms with van der Waals surface area (Å²) >= 11 is 3.44. The SMILES string of the molecule is C[C@H]1Cn2c(=O)[nH]c3ccc(Br)c(c32)CN1C(=O)O. The Morgan fingerprint density at radius 2 is 2.26 bits per heavy atom. The van der Waals surface area contributed by atoms with Gasteiger partial charge in [-0.2, -0.15) is 0 Å². The van der Waals surface area contributed by atoms with Gasteiger partial charge in [0.2, 0.25) is 0 Å². The zero-order valence-corrected chi connectivity index (χ0v) is 11.8. The van der Waals surface area contributed by atoms with Gasteiger partial charge in [-0.3, -0.25) is 9.47 Å². The molecular weight excluding hydrogens is 314 g/mol. The van der Waals surface area contributed by atoms with Crippen LogP contribution >= 0.6 is 15.9 Å². The average molecular weight is 326 g/mol. The standard InChI is InChI=1S/C12H12BrN3O3/c1-6-4-16-10-7(5-15(6)12(18)19)8(13)2-3-9(10)14-11(16)17/h2-3,6H,4-5H2,1H3,(H,14,17)(H,18,19)/t6-/m0/s1. The molecule has 1 aliphatic heterocycles. The molecule has 0 aliphatic carbocycles. The van der Waals surface area contributed by atoms with E-state index in [2.05, 4.69) is 20.9 Å². The first-order valence-corrected chi connectivity index (χ1v) is 6.68. The quantitative estimate of drug-likeness (QED) is 0.777. The van der Waals surface area contributed by atoms with Crippen LogP contribution in [0.25, 0.3) is 11.0 Å². The summed E-state index contributed by atoms with van der Waals surface area (Å²) < 4.78 is 2.43.